The summed E-state index contributed by atoms with van der Waals surface area (Å²) in [6.07, 6.45) is 3.89. The highest BCUT2D eigenvalue weighted by molar-refractivity contribution is 5.13. The maximum absolute atomic E-state index is 5.69. The van der Waals surface area contributed by atoms with Gasteiger partial charge in [0.15, 0.2) is 0 Å². The Morgan fingerprint density at radius 3 is 3.22 bits per heavy atom. The Balaban J connectivity index is 1.95. The number of ether oxygens (including phenoxy) is 1. The van der Waals surface area contributed by atoms with Crippen molar-refractivity contribution in [2.75, 3.05) is 13.1 Å². The molecule has 1 N–H and O–H groups in total. The van der Waals surface area contributed by atoms with Gasteiger partial charge in [0.25, 0.3) is 0 Å². The maximum Gasteiger partial charge on any atom is 0.0710 e. The summed E-state index contributed by atoms with van der Waals surface area (Å²) >= 11 is 0. The average Bonchev–Trinajstić information content (AvgIpc) is 2.38. The van der Waals surface area contributed by atoms with Crippen molar-refractivity contribution in [3.63, 3.8) is 0 Å². The number of nitrogens with one attached hydrogen (secondary N) is 1. The van der Waals surface area contributed by atoms with Crippen LogP contribution in [0.1, 0.15) is 12.8 Å². The van der Waals surface area contributed by atoms with Gasteiger partial charge in [-0.1, -0.05) is 0 Å². The molecule has 0 aromatic heterocycles. The minimum atomic E-state index is 0.567. The minimum Gasteiger partial charge on any atom is -0.373 e. The van der Waals surface area contributed by atoms with Crippen LogP contribution in [0.25, 0.3) is 0 Å². The molecule has 0 amide bonds. The molecule has 50 valence electrons. The largest absolute Gasteiger partial charge is 0.373 e. The third kappa shape index (κ3) is 0.447. The van der Waals surface area contributed by atoms with Crippen molar-refractivity contribution >= 4 is 0 Å². The van der Waals surface area contributed by atoms with Gasteiger partial charge in [0, 0.05) is 18.5 Å². The normalized spacial score (nSPS) is 61.3. The molecule has 3 rings (SSSR count). The van der Waals surface area contributed by atoms with E-state index >= 15 is 0 Å². The summed E-state index contributed by atoms with van der Waals surface area (Å²) in [4.78, 5) is 0. The molecule has 3 aliphatic rings. The van der Waals surface area contributed by atoms with Crippen molar-refractivity contribution in [1.82, 2.24) is 5.32 Å². The molecule has 2 bridgehead atoms. The van der Waals surface area contributed by atoms with E-state index in [0.717, 1.165) is 6.54 Å². The van der Waals surface area contributed by atoms with Gasteiger partial charge in [0.2, 0.25) is 0 Å². The number of fused-ring (bicyclic) bond motifs is 1. The molecular weight excluding hydrogens is 114 g/mol. The monoisotopic (exact) mass is 125 g/mol. The molecule has 0 aromatic carbocycles. The van der Waals surface area contributed by atoms with E-state index < -0.39 is 0 Å². The summed E-state index contributed by atoms with van der Waals surface area (Å²) in [5.74, 6) is 0. The Labute approximate surface area is 54.6 Å². The lowest BCUT2D eigenvalue weighted by atomic mass is 9.96. The molecule has 3 unspecified atom stereocenters. The SMILES string of the molecule is C1NCC23CC1OC2C3. The van der Waals surface area contributed by atoms with Crippen molar-refractivity contribution in [3.05, 3.63) is 0 Å². The van der Waals surface area contributed by atoms with Crippen molar-refractivity contribution in [2.45, 2.75) is 25.0 Å². The highest BCUT2D eigenvalue weighted by atomic mass is 16.5. The quantitative estimate of drug-likeness (QED) is 0.497. The van der Waals surface area contributed by atoms with Crippen LogP contribution in [-0.4, -0.2) is 25.3 Å². The predicted molar refractivity (Wildman–Crippen MR) is 33.2 cm³/mol. The van der Waals surface area contributed by atoms with Crippen LogP contribution < -0.4 is 5.32 Å². The third-order valence-electron chi connectivity index (χ3n) is 2.95. The Morgan fingerprint density at radius 1 is 1.44 bits per heavy atom. The Bertz CT molecular complexity index is 157. The topological polar surface area (TPSA) is 21.3 Å². The van der Waals surface area contributed by atoms with Gasteiger partial charge in [-0.15, -0.1) is 0 Å². The number of piperidine rings is 1. The number of hydrogen-bond donors (Lipinski definition) is 1. The summed E-state index contributed by atoms with van der Waals surface area (Å²) in [5, 5.41) is 3.40. The minimum absolute atomic E-state index is 0.567. The summed E-state index contributed by atoms with van der Waals surface area (Å²) < 4.78 is 5.69. The van der Waals surface area contributed by atoms with E-state index in [2.05, 4.69) is 5.32 Å². The lowest BCUT2D eigenvalue weighted by Crippen LogP contribution is -2.37. The molecule has 1 spiro atoms. The van der Waals surface area contributed by atoms with Crippen molar-refractivity contribution < 1.29 is 4.74 Å². The van der Waals surface area contributed by atoms with Gasteiger partial charge in [-0.3, -0.25) is 0 Å². The van der Waals surface area contributed by atoms with Gasteiger partial charge >= 0.3 is 0 Å². The first-order valence-electron chi connectivity index (χ1n) is 3.75. The fraction of sp³-hybridized carbons (Fsp3) is 1.00. The van der Waals surface area contributed by atoms with E-state index in [0.29, 0.717) is 17.6 Å². The van der Waals surface area contributed by atoms with Crippen molar-refractivity contribution in [2.24, 2.45) is 5.41 Å². The molecule has 0 radical (unpaired) electrons. The average molecular weight is 125 g/mol. The van der Waals surface area contributed by atoms with E-state index in [1.165, 1.54) is 19.4 Å². The third-order valence-corrected chi connectivity index (χ3v) is 2.95. The molecule has 2 heteroatoms. The van der Waals surface area contributed by atoms with Gasteiger partial charge in [-0.25, -0.2) is 0 Å². The zero-order valence-electron chi connectivity index (χ0n) is 5.39. The standard InChI is InChI=1S/C7H11NO/c1-5-3-8-4-7(1)2-6(7)9-5/h5-6,8H,1-4H2. The maximum atomic E-state index is 5.69. The molecule has 3 atom stereocenters. The van der Waals surface area contributed by atoms with Gasteiger partial charge < -0.3 is 10.1 Å². The second-order valence-corrected chi connectivity index (χ2v) is 3.65. The fourth-order valence-corrected chi connectivity index (χ4v) is 2.31. The Hall–Kier alpha value is -0.0800. The van der Waals surface area contributed by atoms with Gasteiger partial charge in [-0.05, 0) is 12.8 Å². The van der Waals surface area contributed by atoms with Crippen LogP contribution >= 0.6 is 0 Å². The smallest absolute Gasteiger partial charge is 0.0710 e. The molecule has 2 heterocycles. The first-order chi connectivity index (χ1) is 4.39. The second-order valence-electron chi connectivity index (χ2n) is 3.65. The fourth-order valence-electron chi connectivity index (χ4n) is 2.31. The van der Waals surface area contributed by atoms with Crippen LogP contribution in [0.3, 0.4) is 0 Å². The van der Waals surface area contributed by atoms with Crippen LogP contribution in [0, 0.1) is 5.41 Å². The zero-order valence-corrected chi connectivity index (χ0v) is 5.39. The summed E-state index contributed by atoms with van der Waals surface area (Å²) in [7, 11) is 0. The van der Waals surface area contributed by atoms with Gasteiger partial charge in [0.1, 0.15) is 0 Å². The molecule has 9 heavy (non-hydrogen) atoms. The van der Waals surface area contributed by atoms with Crippen LogP contribution in [0.15, 0.2) is 0 Å². The van der Waals surface area contributed by atoms with Crippen LogP contribution in [0.4, 0.5) is 0 Å². The Kier molecular flexibility index (Phi) is 0.616. The first-order valence-corrected chi connectivity index (χ1v) is 3.75. The van der Waals surface area contributed by atoms with Crippen molar-refractivity contribution in [1.29, 1.82) is 0 Å². The molecule has 1 aliphatic carbocycles. The molecule has 0 aromatic rings. The van der Waals surface area contributed by atoms with E-state index in [9.17, 15) is 0 Å². The number of hydrogen-bond acceptors (Lipinski definition) is 2. The molecule has 2 aliphatic heterocycles. The summed E-state index contributed by atoms with van der Waals surface area (Å²) in [6.45, 7) is 2.31. The zero-order chi connectivity index (χ0) is 5.90. The summed E-state index contributed by atoms with van der Waals surface area (Å²) in [5.41, 5.74) is 0.628. The summed E-state index contributed by atoms with van der Waals surface area (Å²) in [6, 6.07) is 0. The van der Waals surface area contributed by atoms with Gasteiger partial charge in [-0.2, -0.15) is 0 Å². The molecule has 3 fully saturated rings. The lowest BCUT2D eigenvalue weighted by molar-refractivity contribution is 0.0744. The molecule has 2 saturated heterocycles. The molecule has 2 nitrogen and oxygen atoms in total. The highest BCUT2D eigenvalue weighted by Crippen LogP contribution is 2.58. The van der Waals surface area contributed by atoms with Crippen LogP contribution in [0.5, 0.6) is 0 Å². The first kappa shape index (κ1) is 4.69. The second kappa shape index (κ2) is 1.18. The van der Waals surface area contributed by atoms with Crippen molar-refractivity contribution in [3.8, 4) is 0 Å². The molecular formula is C7H11NO. The van der Waals surface area contributed by atoms with Gasteiger partial charge in [0.05, 0.1) is 12.2 Å². The van der Waals surface area contributed by atoms with E-state index in [-0.39, 0.29) is 0 Å². The molecule has 1 saturated carbocycles. The van der Waals surface area contributed by atoms with E-state index in [4.69, 9.17) is 4.74 Å². The van der Waals surface area contributed by atoms with Crippen LogP contribution in [-0.2, 0) is 4.74 Å². The lowest BCUT2D eigenvalue weighted by Gasteiger charge is -2.21. The highest BCUT2D eigenvalue weighted by Gasteiger charge is 2.63. The predicted octanol–water partition coefficient (Wildman–Crippen LogP) is 0.137. The Morgan fingerprint density at radius 2 is 2.44 bits per heavy atom. The number of rotatable bonds is 0. The van der Waals surface area contributed by atoms with E-state index in [1.54, 1.807) is 0 Å². The van der Waals surface area contributed by atoms with E-state index in [1.807, 2.05) is 0 Å². The van der Waals surface area contributed by atoms with Crippen LogP contribution in [0.2, 0.25) is 0 Å².